The largest absolute Gasteiger partial charge is 0.497 e. The van der Waals surface area contributed by atoms with Crippen LogP contribution in [-0.4, -0.2) is 50.2 Å². The standard InChI is InChI=1S/C22H24N6O3/c1-27-14-15(12-24-27)20-13-23-19-5-6-21(28(7-4-8-29)22(19)26-20)25-16-9-17(30-2)11-18(10-16)31-3/h5-6,9-14,29H,4,7-8H2,1-3H3/b25-21+. The van der Waals surface area contributed by atoms with Crippen LogP contribution in [0.4, 0.5) is 5.69 Å². The molecular formula is C22H24N6O3. The number of rotatable bonds is 7. The number of hydrogen-bond acceptors (Lipinski definition) is 7. The van der Waals surface area contributed by atoms with E-state index in [1.54, 1.807) is 37.4 Å². The van der Waals surface area contributed by atoms with Gasteiger partial charge in [0.05, 0.1) is 38.0 Å². The van der Waals surface area contributed by atoms with Crippen molar-refractivity contribution in [3.8, 4) is 22.8 Å². The van der Waals surface area contributed by atoms with Crippen molar-refractivity contribution in [2.45, 2.75) is 13.0 Å². The van der Waals surface area contributed by atoms with E-state index in [0.717, 1.165) is 16.8 Å². The summed E-state index contributed by atoms with van der Waals surface area (Å²) in [5.41, 5.74) is 4.40. The Morgan fingerprint density at radius 1 is 1.06 bits per heavy atom. The highest BCUT2D eigenvalue weighted by Gasteiger charge is 2.10. The first kappa shape index (κ1) is 20.5. The molecule has 0 aliphatic rings. The minimum absolute atomic E-state index is 0.0610. The molecule has 4 aromatic rings. The average Bonchev–Trinajstić information content (AvgIpc) is 3.23. The molecule has 160 valence electrons. The van der Waals surface area contributed by atoms with E-state index in [0.29, 0.717) is 41.3 Å². The van der Waals surface area contributed by atoms with E-state index in [1.807, 2.05) is 42.1 Å². The van der Waals surface area contributed by atoms with Gasteiger partial charge in [-0.25, -0.2) is 9.98 Å². The molecule has 0 fully saturated rings. The maximum absolute atomic E-state index is 9.43. The van der Waals surface area contributed by atoms with E-state index in [2.05, 4.69) is 10.1 Å². The average molecular weight is 420 g/mol. The molecule has 4 rings (SSSR count). The van der Waals surface area contributed by atoms with Crippen LogP contribution in [0.5, 0.6) is 11.5 Å². The molecule has 9 nitrogen and oxygen atoms in total. The van der Waals surface area contributed by atoms with Crippen molar-refractivity contribution < 1.29 is 14.6 Å². The molecule has 0 radical (unpaired) electrons. The number of aliphatic hydroxyl groups excluding tert-OH is 1. The van der Waals surface area contributed by atoms with Crippen molar-refractivity contribution in [1.82, 2.24) is 24.3 Å². The normalized spacial score (nSPS) is 11.8. The van der Waals surface area contributed by atoms with Crippen molar-refractivity contribution in [2.75, 3.05) is 20.8 Å². The molecule has 0 aliphatic carbocycles. The summed E-state index contributed by atoms with van der Waals surface area (Å²) >= 11 is 0. The molecule has 0 aliphatic heterocycles. The Balaban J connectivity index is 1.91. The fraction of sp³-hybridized carbons (Fsp3) is 0.273. The lowest BCUT2D eigenvalue weighted by atomic mass is 10.2. The summed E-state index contributed by atoms with van der Waals surface area (Å²) in [5.74, 6) is 1.30. The third kappa shape index (κ3) is 4.41. The Hall–Kier alpha value is -3.72. The first-order valence-electron chi connectivity index (χ1n) is 9.85. The van der Waals surface area contributed by atoms with Crippen LogP contribution in [0, 0.1) is 0 Å². The molecule has 9 heteroatoms. The van der Waals surface area contributed by atoms with E-state index in [1.165, 1.54) is 0 Å². The minimum atomic E-state index is 0.0610. The van der Waals surface area contributed by atoms with Gasteiger partial charge < -0.3 is 19.1 Å². The second-order valence-corrected chi connectivity index (χ2v) is 6.97. The van der Waals surface area contributed by atoms with Gasteiger partial charge >= 0.3 is 0 Å². The number of aryl methyl sites for hydroxylation is 2. The van der Waals surface area contributed by atoms with Crippen molar-refractivity contribution in [3.63, 3.8) is 0 Å². The van der Waals surface area contributed by atoms with Crippen LogP contribution in [0.2, 0.25) is 0 Å². The summed E-state index contributed by atoms with van der Waals surface area (Å²) in [7, 11) is 5.07. The number of fused-ring (bicyclic) bond motifs is 1. The van der Waals surface area contributed by atoms with Crippen molar-refractivity contribution >= 4 is 16.9 Å². The van der Waals surface area contributed by atoms with Gasteiger partial charge in [-0.3, -0.25) is 9.67 Å². The van der Waals surface area contributed by atoms with E-state index >= 15 is 0 Å². The number of aromatic nitrogens is 5. The first-order chi connectivity index (χ1) is 15.1. The Bertz CT molecular complexity index is 1260. The summed E-state index contributed by atoms with van der Waals surface area (Å²) in [6, 6.07) is 9.25. The summed E-state index contributed by atoms with van der Waals surface area (Å²) < 4.78 is 14.4. The Morgan fingerprint density at radius 3 is 2.48 bits per heavy atom. The molecule has 0 unspecified atom stereocenters. The monoisotopic (exact) mass is 420 g/mol. The number of aliphatic hydroxyl groups is 1. The smallest absolute Gasteiger partial charge is 0.160 e. The maximum atomic E-state index is 9.43. The number of nitrogens with zero attached hydrogens (tertiary/aromatic N) is 6. The van der Waals surface area contributed by atoms with Crippen LogP contribution >= 0.6 is 0 Å². The highest BCUT2D eigenvalue weighted by Crippen LogP contribution is 2.27. The number of benzene rings is 1. The van der Waals surface area contributed by atoms with Crippen LogP contribution in [0.1, 0.15) is 6.42 Å². The summed E-state index contributed by atoms with van der Waals surface area (Å²) in [5, 5.41) is 13.6. The number of methoxy groups -OCH3 is 2. The van der Waals surface area contributed by atoms with Gasteiger partial charge in [0.1, 0.15) is 22.5 Å². The molecule has 31 heavy (non-hydrogen) atoms. The highest BCUT2D eigenvalue weighted by molar-refractivity contribution is 5.73. The van der Waals surface area contributed by atoms with Crippen LogP contribution < -0.4 is 15.0 Å². The molecule has 0 atom stereocenters. The SMILES string of the molecule is COc1cc(/N=c2\ccc3ncc(-c4cnn(C)c4)nc3n2CCCO)cc(OC)c1. The number of hydrogen-bond donors (Lipinski definition) is 1. The Morgan fingerprint density at radius 2 is 1.84 bits per heavy atom. The third-order valence-corrected chi connectivity index (χ3v) is 4.82. The minimum Gasteiger partial charge on any atom is -0.497 e. The maximum Gasteiger partial charge on any atom is 0.160 e. The summed E-state index contributed by atoms with van der Waals surface area (Å²) in [6.07, 6.45) is 5.95. The summed E-state index contributed by atoms with van der Waals surface area (Å²) in [4.78, 5) is 14.2. The van der Waals surface area contributed by atoms with Crippen molar-refractivity contribution in [2.24, 2.45) is 12.0 Å². The predicted molar refractivity (Wildman–Crippen MR) is 116 cm³/mol. The topological polar surface area (TPSA) is 99.6 Å². The molecule has 1 aromatic carbocycles. The van der Waals surface area contributed by atoms with Gasteiger partial charge in [0.2, 0.25) is 0 Å². The molecule has 1 N–H and O–H groups in total. The lowest BCUT2D eigenvalue weighted by Crippen LogP contribution is -2.22. The van der Waals surface area contributed by atoms with Gasteiger partial charge in [-0.1, -0.05) is 0 Å². The molecular weight excluding hydrogens is 396 g/mol. The van der Waals surface area contributed by atoms with Crippen LogP contribution in [0.15, 0.2) is 53.9 Å². The zero-order valence-electron chi connectivity index (χ0n) is 17.7. The predicted octanol–water partition coefficient (Wildman–Crippen LogP) is 2.46. The second-order valence-electron chi connectivity index (χ2n) is 6.97. The zero-order valence-corrected chi connectivity index (χ0v) is 17.7. The lowest BCUT2D eigenvalue weighted by Gasteiger charge is -2.12. The molecule has 3 aromatic heterocycles. The molecule has 0 saturated carbocycles. The van der Waals surface area contributed by atoms with E-state index in [4.69, 9.17) is 19.5 Å². The van der Waals surface area contributed by atoms with Crippen LogP contribution in [-0.2, 0) is 13.6 Å². The molecule has 0 bridgehead atoms. The zero-order chi connectivity index (χ0) is 21.8. The quantitative estimate of drug-likeness (QED) is 0.493. The lowest BCUT2D eigenvalue weighted by molar-refractivity contribution is 0.279. The van der Waals surface area contributed by atoms with Crippen molar-refractivity contribution in [3.05, 3.63) is 54.4 Å². The van der Waals surface area contributed by atoms with Gasteiger partial charge in [0.15, 0.2) is 5.65 Å². The third-order valence-electron chi connectivity index (χ3n) is 4.82. The first-order valence-corrected chi connectivity index (χ1v) is 9.85. The molecule has 0 spiro atoms. The Kier molecular flexibility index (Phi) is 5.94. The number of ether oxygens (including phenoxy) is 2. The van der Waals surface area contributed by atoms with E-state index in [-0.39, 0.29) is 6.61 Å². The van der Waals surface area contributed by atoms with Gasteiger partial charge in [0, 0.05) is 50.2 Å². The summed E-state index contributed by atoms with van der Waals surface area (Å²) in [6.45, 7) is 0.602. The van der Waals surface area contributed by atoms with Gasteiger partial charge in [0.25, 0.3) is 0 Å². The molecule has 3 heterocycles. The fourth-order valence-electron chi connectivity index (χ4n) is 3.29. The van der Waals surface area contributed by atoms with Gasteiger partial charge in [-0.05, 0) is 18.6 Å². The molecule has 0 saturated heterocycles. The van der Waals surface area contributed by atoms with E-state index < -0.39 is 0 Å². The van der Waals surface area contributed by atoms with E-state index in [9.17, 15) is 5.11 Å². The highest BCUT2D eigenvalue weighted by atomic mass is 16.5. The molecule has 0 amide bonds. The number of pyridine rings is 1. The second kappa shape index (κ2) is 8.97. The van der Waals surface area contributed by atoms with Gasteiger partial charge in [-0.15, -0.1) is 0 Å². The Labute approximate surface area is 179 Å². The van der Waals surface area contributed by atoms with Crippen LogP contribution in [0.3, 0.4) is 0 Å². The van der Waals surface area contributed by atoms with Crippen molar-refractivity contribution in [1.29, 1.82) is 0 Å². The van der Waals surface area contributed by atoms with Gasteiger partial charge in [-0.2, -0.15) is 5.10 Å². The van der Waals surface area contributed by atoms with Crippen LogP contribution in [0.25, 0.3) is 22.4 Å². The fourth-order valence-corrected chi connectivity index (χ4v) is 3.29.